The molecule has 1 aliphatic heterocycles. The van der Waals surface area contributed by atoms with E-state index in [4.69, 9.17) is 11.6 Å². The lowest BCUT2D eigenvalue weighted by Crippen LogP contribution is -2.33. The van der Waals surface area contributed by atoms with Crippen LogP contribution in [-0.2, 0) is 12.8 Å². The van der Waals surface area contributed by atoms with Crippen LogP contribution in [0.5, 0.6) is 5.75 Å². The van der Waals surface area contributed by atoms with Gasteiger partial charge in [0.25, 0.3) is 5.91 Å². The molecule has 0 atom stereocenters. The van der Waals surface area contributed by atoms with E-state index in [0.29, 0.717) is 23.7 Å². The van der Waals surface area contributed by atoms with Crippen molar-refractivity contribution in [3.63, 3.8) is 0 Å². The molecule has 0 radical (unpaired) electrons. The first-order chi connectivity index (χ1) is 10.1. The molecule has 1 heterocycles. The average Bonchev–Trinajstić information content (AvgIpc) is 2.71. The summed E-state index contributed by atoms with van der Waals surface area (Å²) in [7, 11) is 0. The predicted molar refractivity (Wildman–Crippen MR) is 82.9 cm³/mol. The summed E-state index contributed by atoms with van der Waals surface area (Å²) >= 11 is 6.08. The zero-order valence-corrected chi connectivity index (χ0v) is 12.3. The van der Waals surface area contributed by atoms with Crippen molar-refractivity contribution >= 4 is 17.5 Å². The summed E-state index contributed by atoms with van der Waals surface area (Å²) in [5.74, 6) is -0.0652. The number of rotatable bonds is 1. The number of phenolic OH excluding ortho intramolecular Hbond substituents is 1. The van der Waals surface area contributed by atoms with Gasteiger partial charge in [-0.25, -0.2) is 0 Å². The van der Waals surface area contributed by atoms with Gasteiger partial charge in [0.15, 0.2) is 0 Å². The van der Waals surface area contributed by atoms with Crippen LogP contribution in [0.1, 0.15) is 21.5 Å². The standard InChI is InChI=1S/C17H16ClNO2/c18-16-6-5-14(20)11-15(16)17(21)19-9-7-12-3-1-2-4-13(12)8-10-19/h1-6,11,20H,7-10H2. The Morgan fingerprint density at radius 2 is 1.67 bits per heavy atom. The maximum atomic E-state index is 12.6. The van der Waals surface area contributed by atoms with Crippen molar-refractivity contribution in [2.45, 2.75) is 12.8 Å². The Kier molecular flexibility index (Phi) is 3.84. The number of carbonyl (C=O) groups is 1. The zero-order valence-electron chi connectivity index (χ0n) is 11.6. The van der Waals surface area contributed by atoms with Gasteiger partial charge in [0.2, 0.25) is 0 Å². The van der Waals surface area contributed by atoms with Gasteiger partial charge in [-0.1, -0.05) is 35.9 Å². The third-order valence-corrected chi connectivity index (χ3v) is 4.22. The van der Waals surface area contributed by atoms with E-state index in [2.05, 4.69) is 12.1 Å². The Labute approximate surface area is 128 Å². The minimum Gasteiger partial charge on any atom is -0.508 e. The molecule has 1 aliphatic rings. The van der Waals surface area contributed by atoms with Crippen molar-refractivity contribution in [2.24, 2.45) is 0 Å². The highest BCUT2D eigenvalue weighted by atomic mass is 35.5. The molecule has 0 aliphatic carbocycles. The van der Waals surface area contributed by atoms with Crippen LogP contribution in [0.4, 0.5) is 0 Å². The van der Waals surface area contributed by atoms with Gasteiger partial charge in [-0.3, -0.25) is 4.79 Å². The Morgan fingerprint density at radius 1 is 1.05 bits per heavy atom. The number of benzene rings is 2. The van der Waals surface area contributed by atoms with Crippen molar-refractivity contribution in [3.05, 3.63) is 64.2 Å². The van der Waals surface area contributed by atoms with E-state index >= 15 is 0 Å². The van der Waals surface area contributed by atoms with E-state index in [-0.39, 0.29) is 11.7 Å². The summed E-state index contributed by atoms with van der Waals surface area (Å²) in [6.45, 7) is 1.34. The van der Waals surface area contributed by atoms with E-state index in [1.54, 1.807) is 11.0 Å². The fraction of sp³-hybridized carbons (Fsp3) is 0.235. The molecule has 21 heavy (non-hydrogen) atoms. The summed E-state index contributed by atoms with van der Waals surface area (Å²) in [5, 5.41) is 9.93. The fourth-order valence-electron chi connectivity index (χ4n) is 2.72. The van der Waals surface area contributed by atoms with Crippen LogP contribution in [0.2, 0.25) is 5.02 Å². The third-order valence-electron chi connectivity index (χ3n) is 3.89. The van der Waals surface area contributed by atoms with Gasteiger partial charge in [0, 0.05) is 13.1 Å². The Balaban J connectivity index is 1.82. The van der Waals surface area contributed by atoms with Crippen molar-refractivity contribution in [1.29, 1.82) is 0 Å². The molecule has 0 fully saturated rings. The van der Waals surface area contributed by atoms with Crippen molar-refractivity contribution in [1.82, 2.24) is 4.90 Å². The van der Waals surface area contributed by atoms with Gasteiger partial charge in [0.05, 0.1) is 10.6 Å². The molecule has 1 N–H and O–H groups in total. The maximum Gasteiger partial charge on any atom is 0.255 e. The minimum absolute atomic E-state index is 0.0564. The average molecular weight is 302 g/mol. The number of phenols is 1. The molecule has 108 valence electrons. The highest BCUT2D eigenvalue weighted by molar-refractivity contribution is 6.33. The summed E-state index contributed by atoms with van der Waals surface area (Å²) in [6.07, 6.45) is 1.69. The second kappa shape index (κ2) is 5.78. The molecule has 0 saturated heterocycles. The van der Waals surface area contributed by atoms with Crippen LogP contribution < -0.4 is 0 Å². The van der Waals surface area contributed by atoms with E-state index in [1.165, 1.54) is 23.3 Å². The highest BCUT2D eigenvalue weighted by Gasteiger charge is 2.21. The molecule has 0 spiro atoms. The van der Waals surface area contributed by atoms with Crippen LogP contribution in [0.3, 0.4) is 0 Å². The highest BCUT2D eigenvalue weighted by Crippen LogP contribution is 2.24. The third kappa shape index (κ3) is 2.88. The first-order valence-electron chi connectivity index (χ1n) is 7.00. The fourth-order valence-corrected chi connectivity index (χ4v) is 2.92. The molecule has 0 saturated carbocycles. The smallest absolute Gasteiger partial charge is 0.255 e. The number of hydrogen-bond acceptors (Lipinski definition) is 2. The molecule has 3 rings (SSSR count). The summed E-state index contributed by atoms with van der Waals surface area (Å²) in [5.41, 5.74) is 2.97. The van der Waals surface area contributed by atoms with E-state index in [1.807, 2.05) is 12.1 Å². The molecule has 0 aromatic heterocycles. The number of amides is 1. The lowest BCUT2D eigenvalue weighted by atomic mass is 10.0. The summed E-state index contributed by atoms with van der Waals surface area (Å²) in [6, 6.07) is 12.8. The molecule has 3 nitrogen and oxygen atoms in total. The first-order valence-corrected chi connectivity index (χ1v) is 7.37. The second-order valence-corrected chi connectivity index (χ2v) is 5.63. The van der Waals surface area contributed by atoms with Crippen LogP contribution in [-0.4, -0.2) is 29.0 Å². The van der Waals surface area contributed by atoms with Crippen molar-refractivity contribution < 1.29 is 9.90 Å². The largest absolute Gasteiger partial charge is 0.508 e. The van der Waals surface area contributed by atoms with E-state index in [0.717, 1.165) is 12.8 Å². The molecule has 1 amide bonds. The predicted octanol–water partition coefficient (Wildman–Crippen LogP) is 3.29. The SMILES string of the molecule is O=C(c1cc(O)ccc1Cl)N1CCc2ccccc2CC1. The summed E-state index contributed by atoms with van der Waals surface area (Å²) < 4.78 is 0. The number of fused-ring (bicyclic) bond motifs is 1. The van der Waals surface area contributed by atoms with E-state index < -0.39 is 0 Å². The van der Waals surface area contributed by atoms with Gasteiger partial charge in [-0.15, -0.1) is 0 Å². The molecular formula is C17H16ClNO2. The van der Waals surface area contributed by atoms with Crippen LogP contribution in [0.25, 0.3) is 0 Å². The van der Waals surface area contributed by atoms with Gasteiger partial charge < -0.3 is 10.0 Å². The van der Waals surface area contributed by atoms with Gasteiger partial charge in [-0.05, 0) is 42.2 Å². The Hall–Kier alpha value is -2.00. The second-order valence-electron chi connectivity index (χ2n) is 5.23. The topological polar surface area (TPSA) is 40.5 Å². The number of carbonyl (C=O) groups excluding carboxylic acids is 1. The van der Waals surface area contributed by atoms with Crippen molar-refractivity contribution in [2.75, 3.05) is 13.1 Å². The molecule has 4 heteroatoms. The molecule has 2 aromatic carbocycles. The van der Waals surface area contributed by atoms with Crippen molar-refractivity contribution in [3.8, 4) is 5.75 Å². The molecule has 0 unspecified atom stereocenters. The maximum absolute atomic E-state index is 12.6. The van der Waals surface area contributed by atoms with Crippen LogP contribution in [0.15, 0.2) is 42.5 Å². The Bertz CT molecular complexity index is 657. The first kappa shape index (κ1) is 14.0. The monoisotopic (exact) mass is 301 g/mol. The Morgan fingerprint density at radius 3 is 2.29 bits per heavy atom. The van der Waals surface area contributed by atoms with Gasteiger partial charge in [0.1, 0.15) is 5.75 Å². The van der Waals surface area contributed by atoms with E-state index in [9.17, 15) is 9.90 Å². The van der Waals surface area contributed by atoms with Crippen LogP contribution >= 0.6 is 11.6 Å². The molecular weight excluding hydrogens is 286 g/mol. The summed E-state index contributed by atoms with van der Waals surface area (Å²) in [4.78, 5) is 14.4. The number of halogens is 1. The minimum atomic E-state index is -0.122. The lowest BCUT2D eigenvalue weighted by molar-refractivity contribution is 0.0763. The number of nitrogens with zero attached hydrogens (tertiary/aromatic N) is 1. The lowest BCUT2D eigenvalue weighted by Gasteiger charge is -2.21. The molecule has 2 aromatic rings. The molecule has 0 bridgehead atoms. The van der Waals surface area contributed by atoms with Gasteiger partial charge in [-0.2, -0.15) is 0 Å². The van der Waals surface area contributed by atoms with Gasteiger partial charge >= 0.3 is 0 Å². The number of aromatic hydroxyl groups is 1. The normalized spacial score (nSPS) is 14.4. The number of hydrogen-bond donors (Lipinski definition) is 1. The quantitative estimate of drug-likeness (QED) is 0.878. The van der Waals surface area contributed by atoms with Crippen LogP contribution in [0, 0.1) is 0 Å². The zero-order chi connectivity index (χ0) is 14.8.